The summed E-state index contributed by atoms with van der Waals surface area (Å²) in [5.41, 5.74) is 1.07. The lowest BCUT2D eigenvalue weighted by atomic mass is 10.1. The summed E-state index contributed by atoms with van der Waals surface area (Å²) in [5, 5.41) is 3.70. The van der Waals surface area contributed by atoms with Gasteiger partial charge in [-0.1, -0.05) is 32.0 Å². The highest BCUT2D eigenvalue weighted by Gasteiger charge is 2.12. The van der Waals surface area contributed by atoms with E-state index in [2.05, 4.69) is 5.32 Å². The van der Waals surface area contributed by atoms with Gasteiger partial charge in [-0.3, -0.25) is 4.79 Å². The third kappa shape index (κ3) is 3.97. The maximum absolute atomic E-state index is 13.2. The number of likely N-dealkylation sites (N-methyl/N-ethyl adjacent to an activating group) is 1. The van der Waals surface area contributed by atoms with Gasteiger partial charge >= 0.3 is 0 Å². The van der Waals surface area contributed by atoms with Crippen LogP contribution in [0.25, 0.3) is 20.2 Å². The summed E-state index contributed by atoms with van der Waals surface area (Å²) in [6, 6.07) is 10.9. The van der Waals surface area contributed by atoms with Crippen LogP contribution in [-0.4, -0.2) is 31.0 Å². The summed E-state index contributed by atoms with van der Waals surface area (Å²) in [4.78, 5) is 14.6. The van der Waals surface area contributed by atoms with Crippen LogP contribution in [0.5, 0.6) is 0 Å². The van der Waals surface area contributed by atoms with Gasteiger partial charge in [-0.15, -0.1) is 23.7 Å². The van der Waals surface area contributed by atoms with Crippen molar-refractivity contribution in [1.29, 1.82) is 0 Å². The van der Waals surface area contributed by atoms with Gasteiger partial charge in [0.05, 0.1) is 8.13 Å². The number of nitrogens with zero attached hydrogens (tertiary/aromatic N) is 1. The van der Waals surface area contributed by atoms with Crippen molar-refractivity contribution in [3.8, 4) is 0 Å². The lowest BCUT2D eigenvalue weighted by Crippen LogP contribution is -2.28. The van der Waals surface area contributed by atoms with Crippen LogP contribution in [0.15, 0.2) is 41.2 Å². The van der Waals surface area contributed by atoms with Crippen molar-refractivity contribution >= 4 is 49.6 Å². The predicted molar refractivity (Wildman–Crippen MR) is 114 cm³/mol. The largest absolute Gasteiger partial charge is 0.383 e. The van der Waals surface area contributed by atoms with Crippen molar-refractivity contribution in [2.45, 2.75) is 20.8 Å². The molecule has 0 atom stereocenters. The monoisotopic (exact) mass is 380 g/mol. The molecule has 1 aromatic heterocycles. The van der Waals surface area contributed by atoms with Gasteiger partial charge in [0.15, 0.2) is 5.43 Å². The molecular weight excluding hydrogens is 352 g/mol. The Balaban J connectivity index is 0.00000300. The topological polar surface area (TPSA) is 32.3 Å². The Morgan fingerprint density at radius 1 is 1.16 bits per heavy atom. The predicted octanol–water partition coefficient (Wildman–Crippen LogP) is 4.90. The molecule has 1 heterocycles. The van der Waals surface area contributed by atoms with E-state index in [1.165, 1.54) is 16.2 Å². The molecule has 0 bridgehead atoms. The second-order valence-electron chi connectivity index (χ2n) is 5.60. The number of nitrogens with one attached hydrogen (secondary N) is 1. The first-order valence-electron chi connectivity index (χ1n) is 10.1. The number of hydrogen-bond acceptors (Lipinski definition) is 4. The van der Waals surface area contributed by atoms with Crippen molar-refractivity contribution in [1.82, 2.24) is 4.90 Å². The Hall–Kier alpha value is -1.62. The zero-order valence-corrected chi connectivity index (χ0v) is 16.2. The molecular formula is C20H25ClN2OS. The molecule has 0 aliphatic rings. The SMILES string of the molecule is Cl.[2H]C([2H])(Nc1ccc(C)c2sc3ccccc3c(=O)c12)C([2H])([2H])N(CC)CC. The molecule has 2 aromatic carbocycles. The van der Waals surface area contributed by atoms with E-state index in [9.17, 15) is 4.79 Å². The zero-order chi connectivity index (χ0) is 20.7. The van der Waals surface area contributed by atoms with Crippen LogP contribution in [0, 0.1) is 6.92 Å². The van der Waals surface area contributed by atoms with Gasteiger partial charge in [0.25, 0.3) is 0 Å². The molecule has 134 valence electrons. The Labute approximate surface area is 164 Å². The fraction of sp³-hybridized carbons (Fsp3) is 0.350. The third-order valence-electron chi connectivity index (χ3n) is 4.10. The van der Waals surface area contributed by atoms with Gasteiger partial charge in [-0.2, -0.15) is 0 Å². The molecule has 0 spiro atoms. The Morgan fingerprint density at radius 2 is 1.88 bits per heavy atom. The molecule has 3 aromatic rings. The average Bonchev–Trinajstić information content (AvgIpc) is 2.65. The van der Waals surface area contributed by atoms with Crippen molar-refractivity contribution in [2.24, 2.45) is 0 Å². The first kappa shape index (κ1) is 14.5. The van der Waals surface area contributed by atoms with E-state index in [0.717, 1.165) is 15.0 Å². The van der Waals surface area contributed by atoms with Crippen LogP contribution < -0.4 is 10.7 Å². The fourth-order valence-electron chi connectivity index (χ4n) is 2.69. The van der Waals surface area contributed by atoms with Crippen LogP contribution in [0.1, 0.15) is 24.9 Å². The fourth-order valence-corrected chi connectivity index (χ4v) is 3.86. The van der Waals surface area contributed by atoms with Gasteiger partial charge in [-0.05, 0) is 43.8 Å². The first-order chi connectivity index (χ1) is 13.1. The third-order valence-corrected chi connectivity index (χ3v) is 5.41. The molecule has 0 aliphatic heterocycles. The Morgan fingerprint density at radius 3 is 2.60 bits per heavy atom. The minimum Gasteiger partial charge on any atom is -0.383 e. The molecule has 3 nitrogen and oxygen atoms in total. The van der Waals surface area contributed by atoms with Gasteiger partial charge in [0.1, 0.15) is 0 Å². The molecule has 0 radical (unpaired) electrons. The number of rotatable bonds is 6. The smallest absolute Gasteiger partial charge is 0.197 e. The Kier molecular flexibility index (Phi) is 5.03. The van der Waals surface area contributed by atoms with Gasteiger partial charge in [0, 0.05) is 36.2 Å². The molecule has 0 fully saturated rings. The maximum Gasteiger partial charge on any atom is 0.197 e. The van der Waals surface area contributed by atoms with Crippen LogP contribution in [-0.2, 0) is 0 Å². The average molecular weight is 381 g/mol. The van der Waals surface area contributed by atoms with E-state index in [1.54, 1.807) is 26.0 Å². The lowest BCUT2D eigenvalue weighted by Gasteiger charge is -2.19. The van der Waals surface area contributed by atoms with E-state index in [1.807, 2.05) is 31.2 Å². The number of anilines is 1. The van der Waals surface area contributed by atoms with E-state index in [-0.39, 0.29) is 17.8 Å². The normalized spacial score (nSPS) is 14.6. The summed E-state index contributed by atoms with van der Waals surface area (Å²) in [7, 11) is 0. The summed E-state index contributed by atoms with van der Waals surface area (Å²) in [6.45, 7) is 1.60. The summed E-state index contributed by atoms with van der Waals surface area (Å²) < 4.78 is 35.2. The number of fused-ring (bicyclic) bond motifs is 2. The number of halogens is 1. The minimum atomic E-state index is -2.40. The van der Waals surface area contributed by atoms with Crippen molar-refractivity contribution in [2.75, 3.05) is 31.4 Å². The molecule has 5 heteroatoms. The maximum atomic E-state index is 13.2. The van der Waals surface area contributed by atoms with Crippen LogP contribution in [0.3, 0.4) is 0 Å². The summed E-state index contributed by atoms with van der Waals surface area (Å²) in [6.07, 6.45) is 0. The molecule has 25 heavy (non-hydrogen) atoms. The quantitative estimate of drug-likeness (QED) is 0.617. The van der Waals surface area contributed by atoms with Crippen LogP contribution >= 0.6 is 23.7 Å². The lowest BCUT2D eigenvalue weighted by molar-refractivity contribution is 0.316. The molecule has 0 aliphatic carbocycles. The van der Waals surface area contributed by atoms with Crippen LogP contribution in [0.2, 0.25) is 0 Å². The van der Waals surface area contributed by atoms with E-state index in [0.29, 0.717) is 29.5 Å². The number of benzene rings is 2. The second-order valence-corrected chi connectivity index (χ2v) is 6.65. The standard InChI is InChI=1S/C20H24N2OS.ClH/c1-4-22(5-2)13-12-21-16-11-10-14(3)20-18(16)19(23)15-8-6-7-9-17(15)24-20;/h6-11,21H,4-5,12-13H2,1-3H3;1H/i12D2,13D2;. The highest BCUT2D eigenvalue weighted by atomic mass is 35.5. The van der Waals surface area contributed by atoms with Crippen LogP contribution in [0.4, 0.5) is 5.69 Å². The second kappa shape index (κ2) is 8.65. The van der Waals surface area contributed by atoms with Crippen molar-refractivity contribution < 1.29 is 5.48 Å². The molecule has 0 saturated heterocycles. The van der Waals surface area contributed by atoms with Gasteiger partial charge in [-0.25, -0.2) is 0 Å². The molecule has 3 rings (SSSR count). The number of aryl methyl sites for hydroxylation is 1. The molecule has 1 N–H and O–H groups in total. The summed E-state index contributed by atoms with van der Waals surface area (Å²) >= 11 is 1.49. The molecule has 0 unspecified atom stereocenters. The van der Waals surface area contributed by atoms with E-state index < -0.39 is 13.0 Å². The zero-order valence-electron chi connectivity index (χ0n) is 18.6. The molecule has 0 saturated carbocycles. The number of hydrogen-bond donors (Lipinski definition) is 1. The highest BCUT2D eigenvalue weighted by molar-refractivity contribution is 7.24. The molecule has 0 amide bonds. The van der Waals surface area contributed by atoms with E-state index >= 15 is 0 Å². The highest BCUT2D eigenvalue weighted by Crippen LogP contribution is 2.31. The van der Waals surface area contributed by atoms with Gasteiger partial charge in [0.2, 0.25) is 0 Å². The minimum absolute atomic E-state index is 0. The first-order valence-corrected chi connectivity index (χ1v) is 8.94. The van der Waals surface area contributed by atoms with Crippen molar-refractivity contribution in [3.05, 3.63) is 52.2 Å². The summed E-state index contributed by atoms with van der Waals surface area (Å²) in [5.74, 6) is 0. The Bertz CT molecular complexity index is 1080. The van der Waals surface area contributed by atoms with E-state index in [4.69, 9.17) is 5.48 Å². The van der Waals surface area contributed by atoms with Crippen molar-refractivity contribution in [3.63, 3.8) is 0 Å². The van der Waals surface area contributed by atoms with Gasteiger partial charge < -0.3 is 10.2 Å².